The fourth-order valence-electron chi connectivity index (χ4n) is 2.63. The Morgan fingerprint density at radius 3 is 3.20 bits per heavy atom. The number of aromatic nitrogens is 2. The molecule has 1 unspecified atom stereocenters. The van der Waals surface area contributed by atoms with Crippen molar-refractivity contribution >= 4 is 33.2 Å². The first-order valence-corrected chi connectivity index (χ1v) is 8.14. The molecule has 0 aliphatic carbocycles. The summed E-state index contributed by atoms with van der Waals surface area (Å²) in [5.74, 6) is 1.42. The lowest BCUT2D eigenvalue weighted by atomic mass is 10.0. The molecule has 0 bridgehead atoms. The number of hydrogen-bond donors (Lipinski definition) is 0. The Kier molecular flexibility index (Phi) is 4.51. The highest BCUT2D eigenvalue weighted by atomic mass is 35.5. The van der Waals surface area contributed by atoms with E-state index in [0.29, 0.717) is 11.1 Å². The third kappa shape index (κ3) is 3.28. The van der Waals surface area contributed by atoms with E-state index in [1.165, 1.54) is 12.8 Å². The molecule has 2 aromatic heterocycles. The van der Waals surface area contributed by atoms with Crippen LogP contribution in [-0.4, -0.2) is 41.7 Å². The van der Waals surface area contributed by atoms with Crippen LogP contribution in [0.3, 0.4) is 0 Å². The van der Waals surface area contributed by atoms with E-state index < -0.39 is 0 Å². The third-order valence-electron chi connectivity index (χ3n) is 3.56. The molecule has 0 radical (unpaired) electrons. The molecule has 6 heteroatoms. The van der Waals surface area contributed by atoms with E-state index in [1.807, 2.05) is 11.4 Å². The van der Waals surface area contributed by atoms with Gasteiger partial charge in [-0.05, 0) is 37.3 Å². The Hall–Kier alpha value is -0.750. The minimum atomic E-state index is 0.556. The molecular formula is C14H18ClN3OS. The predicted octanol–water partition coefficient (Wildman–Crippen LogP) is 3.20. The maximum Gasteiger partial charge on any atom is 0.145 e. The quantitative estimate of drug-likeness (QED) is 0.813. The number of rotatable bonds is 4. The van der Waals surface area contributed by atoms with Crippen LogP contribution >= 0.6 is 22.9 Å². The van der Waals surface area contributed by atoms with Crippen LogP contribution in [0.1, 0.15) is 18.7 Å². The fourth-order valence-corrected chi connectivity index (χ4v) is 3.72. The molecule has 20 heavy (non-hydrogen) atoms. The predicted molar refractivity (Wildman–Crippen MR) is 82.3 cm³/mol. The summed E-state index contributed by atoms with van der Waals surface area (Å²) in [6.45, 7) is 3.53. The van der Waals surface area contributed by atoms with Crippen LogP contribution in [0, 0.1) is 5.92 Å². The van der Waals surface area contributed by atoms with Crippen LogP contribution in [0.25, 0.3) is 10.2 Å². The molecule has 3 rings (SSSR count). The Morgan fingerprint density at radius 1 is 1.50 bits per heavy atom. The average molecular weight is 312 g/mol. The van der Waals surface area contributed by atoms with Gasteiger partial charge in [0.1, 0.15) is 15.8 Å². The van der Waals surface area contributed by atoms with Crippen LogP contribution in [0.15, 0.2) is 11.4 Å². The summed E-state index contributed by atoms with van der Waals surface area (Å²) in [6.07, 6.45) is 2.41. The highest BCUT2D eigenvalue weighted by Crippen LogP contribution is 2.25. The lowest BCUT2D eigenvalue weighted by Gasteiger charge is -2.26. The maximum atomic E-state index is 6.20. The molecule has 0 saturated carbocycles. The van der Waals surface area contributed by atoms with Crippen molar-refractivity contribution in [3.8, 4) is 0 Å². The topological polar surface area (TPSA) is 38.2 Å². The van der Waals surface area contributed by atoms with Gasteiger partial charge in [-0.1, -0.05) is 11.6 Å². The zero-order valence-electron chi connectivity index (χ0n) is 11.5. The molecule has 1 fully saturated rings. The molecule has 1 aliphatic heterocycles. The zero-order chi connectivity index (χ0) is 13.9. The van der Waals surface area contributed by atoms with Gasteiger partial charge in [-0.3, -0.25) is 4.90 Å². The van der Waals surface area contributed by atoms with Gasteiger partial charge in [-0.15, -0.1) is 11.3 Å². The summed E-state index contributed by atoms with van der Waals surface area (Å²) in [6, 6.07) is 1.97. The van der Waals surface area contributed by atoms with Gasteiger partial charge in [0.15, 0.2) is 0 Å². The fraction of sp³-hybridized carbons (Fsp3) is 0.571. The van der Waals surface area contributed by atoms with Gasteiger partial charge < -0.3 is 4.74 Å². The largest absolute Gasteiger partial charge is 0.381 e. The SMILES string of the molecule is CN(Cc1nc(Cl)c2ccsc2n1)CC1CCCOC1. The minimum Gasteiger partial charge on any atom is -0.381 e. The summed E-state index contributed by atoms with van der Waals surface area (Å²) in [5.41, 5.74) is 0. The van der Waals surface area contributed by atoms with Crippen molar-refractivity contribution in [1.82, 2.24) is 14.9 Å². The summed E-state index contributed by atoms with van der Waals surface area (Å²) in [5, 5.41) is 3.50. The second-order valence-corrected chi connectivity index (χ2v) is 6.60. The van der Waals surface area contributed by atoms with Crippen molar-refractivity contribution < 1.29 is 4.74 Å². The first-order chi connectivity index (χ1) is 9.72. The number of fused-ring (bicyclic) bond motifs is 1. The highest BCUT2D eigenvalue weighted by molar-refractivity contribution is 7.16. The van der Waals surface area contributed by atoms with Gasteiger partial charge in [-0.25, -0.2) is 9.97 Å². The molecule has 4 nitrogen and oxygen atoms in total. The molecule has 1 saturated heterocycles. The van der Waals surface area contributed by atoms with Crippen molar-refractivity contribution in [2.45, 2.75) is 19.4 Å². The van der Waals surface area contributed by atoms with Gasteiger partial charge in [-0.2, -0.15) is 0 Å². The van der Waals surface area contributed by atoms with Gasteiger partial charge in [0.05, 0.1) is 13.2 Å². The summed E-state index contributed by atoms with van der Waals surface area (Å²) in [7, 11) is 2.10. The van der Waals surface area contributed by atoms with Crippen molar-refractivity contribution in [1.29, 1.82) is 0 Å². The number of ether oxygens (including phenoxy) is 1. The maximum absolute atomic E-state index is 6.20. The van der Waals surface area contributed by atoms with Gasteiger partial charge in [0.25, 0.3) is 0 Å². The molecule has 1 aliphatic rings. The van der Waals surface area contributed by atoms with E-state index in [2.05, 4.69) is 21.9 Å². The van der Waals surface area contributed by atoms with Crippen molar-refractivity contribution in [3.63, 3.8) is 0 Å². The first-order valence-electron chi connectivity index (χ1n) is 6.88. The van der Waals surface area contributed by atoms with E-state index in [4.69, 9.17) is 16.3 Å². The van der Waals surface area contributed by atoms with E-state index in [-0.39, 0.29) is 0 Å². The number of halogens is 1. The number of nitrogens with zero attached hydrogens (tertiary/aromatic N) is 3. The van der Waals surface area contributed by atoms with Crippen LogP contribution < -0.4 is 0 Å². The second-order valence-electron chi connectivity index (χ2n) is 5.35. The molecule has 0 aromatic carbocycles. The Labute approximate surface area is 127 Å². The normalized spacial score (nSPS) is 19.9. The van der Waals surface area contributed by atoms with Crippen molar-refractivity contribution in [2.75, 3.05) is 26.8 Å². The van der Waals surface area contributed by atoms with E-state index in [1.54, 1.807) is 11.3 Å². The minimum absolute atomic E-state index is 0.556. The monoisotopic (exact) mass is 311 g/mol. The highest BCUT2D eigenvalue weighted by Gasteiger charge is 2.17. The molecule has 1 atom stereocenters. The smallest absolute Gasteiger partial charge is 0.145 e. The van der Waals surface area contributed by atoms with E-state index >= 15 is 0 Å². The summed E-state index contributed by atoms with van der Waals surface area (Å²) < 4.78 is 5.52. The molecule has 3 heterocycles. The zero-order valence-corrected chi connectivity index (χ0v) is 13.1. The average Bonchev–Trinajstić information content (AvgIpc) is 2.88. The first kappa shape index (κ1) is 14.2. The molecular weight excluding hydrogens is 294 g/mol. The lowest BCUT2D eigenvalue weighted by Crippen LogP contribution is -2.31. The van der Waals surface area contributed by atoms with Gasteiger partial charge >= 0.3 is 0 Å². The number of thiophene rings is 1. The number of hydrogen-bond acceptors (Lipinski definition) is 5. The van der Waals surface area contributed by atoms with Gasteiger partial charge in [0.2, 0.25) is 0 Å². The lowest BCUT2D eigenvalue weighted by molar-refractivity contribution is 0.0409. The van der Waals surface area contributed by atoms with E-state index in [0.717, 1.165) is 42.3 Å². The molecule has 2 aromatic rings. The second kappa shape index (κ2) is 6.35. The van der Waals surface area contributed by atoms with Crippen LogP contribution in [0.5, 0.6) is 0 Å². The van der Waals surface area contributed by atoms with Crippen LogP contribution in [-0.2, 0) is 11.3 Å². The third-order valence-corrected chi connectivity index (χ3v) is 4.66. The van der Waals surface area contributed by atoms with Crippen LogP contribution in [0.4, 0.5) is 0 Å². The molecule has 0 N–H and O–H groups in total. The summed E-state index contributed by atoms with van der Waals surface area (Å²) >= 11 is 7.80. The molecule has 0 spiro atoms. The Morgan fingerprint density at radius 2 is 2.40 bits per heavy atom. The standard InChI is InChI=1S/C14H18ClN3OS/c1-18(7-10-3-2-5-19-9-10)8-12-16-13(15)11-4-6-20-14(11)17-12/h4,6,10H,2-3,5,7-9H2,1H3. The van der Waals surface area contributed by atoms with Gasteiger partial charge in [0, 0.05) is 18.5 Å². The summed E-state index contributed by atoms with van der Waals surface area (Å²) in [4.78, 5) is 12.2. The van der Waals surface area contributed by atoms with Crippen molar-refractivity contribution in [2.24, 2.45) is 5.92 Å². The molecule has 108 valence electrons. The Bertz CT molecular complexity index is 583. The Balaban J connectivity index is 1.65. The molecule has 0 amide bonds. The van der Waals surface area contributed by atoms with Crippen molar-refractivity contribution in [3.05, 3.63) is 22.4 Å². The van der Waals surface area contributed by atoms with E-state index in [9.17, 15) is 0 Å². The van der Waals surface area contributed by atoms with Crippen LogP contribution in [0.2, 0.25) is 5.15 Å².